The molecule has 13 heavy (non-hydrogen) atoms. The average molecular weight is 175 g/mol. The molecule has 0 bridgehead atoms. The molecule has 0 atom stereocenters. The highest BCUT2D eigenvalue weighted by Gasteiger charge is 2.04. The molecule has 2 aromatic rings. The molecule has 0 fully saturated rings. The second kappa shape index (κ2) is 2.94. The van der Waals surface area contributed by atoms with Crippen LogP contribution in [0.15, 0.2) is 36.7 Å². The Kier molecular flexibility index (Phi) is 1.77. The lowest BCUT2D eigenvalue weighted by Crippen LogP contribution is -2.07. The van der Waals surface area contributed by atoms with E-state index in [0.29, 0.717) is 0 Å². The Hall–Kier alpha value is -1.77. The maximum atomic E-state index is 11.1. The molecule has 0 aliphatic carbocycles. The van der Waals surface area contributed by atoms with Crippen LogP contribution in [-0.4, -0.2) is 17.8 Å². The van der Waals surface area contributed by atoms with E-state index in [0.717, 1.165) is 10.8 Å². The van der Waals surface area contributed by atoms with Gasteiger partial charge in [-0.2, -0.15) is 0 Å². The monoisotopic (exact) mass is 175 g/mol. The normalized spacial score (nSPS) is 10.2. The van der Waals surface area contributed by atoms with E-state index in [4.69, 9.17) is 0 Å². The molecule has 0 aliphatic rings. The van der Waals surface area contributed by atoms with Gasteiger partial charge in [-0.15, -0.1) is 0 Å². The van der Waals surface area contributed by atoms with E-state index in [1.807, 2.05) is 24.3 Å². The van der Waals surface area contributed by atoms with Crippen molar-refractivity contribution in [1.82, 2.24) is 4.57 Å². The number of rotatable bonds is 0. The zero-order chi connectivity index (χ0) is 9.26. The van der Waals surface area contributed by atoms with Gasteiger partial charge in [-0.1, -0.05) is 24.3 Å². The molecule has 0 aliphatic heterocycles. The van der Waals surface area contributed by atoms with Crippen molar-refractivity contribution >= 4 is 16.9 Å². The van der Waals surface area contributed by atoms with Gasteiger partial charge in [0.15, 0.2) is 0 Å². The molecule has 0 saturated carbocycles. The Morgan fingerprint density at radius 3 is 2.23 bits per heavy atom. The third-order valence-electron chi connectivity index (χ3n) is 1.94. The first-order valence-corrected chi connectivity index (χ1v) is 3.96. The van der Waals surface area contributed by atoms with Crippen molar-refractivity contribution in [3.63, 3.8) is 0 Å². The number of hydrogen-bond donors (Lipinski definition) is 0. The largest absolute Gasteiger partial charge is 0.452 e. The van der Waals surface area contributed by atoms with Crippen LogP contribution in [0.4, 0.5) is 4.79 Å². The molecule has 3 heteroatoms. The number of benzene rings is 1. The molecule has 0 amide bonds. The molecule has 1 aromatic carbocycles. The van der Waals surface area contributed by atoms with Crippen LogP contribution in [0.2, 0.25) is 0 Å². The van der Waals surface area contributed by atoms with E-state index < -0.39 is 0 Å². The SMILES string of the molecule is COC(=O)n1cc2ccccc2c1. The minimum Gasteiger partial charge on any atom is -0.452 e. The summed E-state index contributed by atoms with van der Waals surface area (Å²) in [4.78, 5) is 11.1. The van der Waals surface area contributed by atoms with E-state index in [9.17, 15) is 4.79 Å². The van der Waals surface area contributed by atoms with E-state index in [1.54, 1.807) is 12.4 Å². The van der Waals surface area contributed by atoms with E-state index in [2.05, 4.69) is 4.74 Å². The fourth-order valence-electron chi connectivity index (χ4n) is 1.29. The fraction of sp³-hybridized carbons (Fsp3) is 0.100. The van der Waals surface area contributed by atoms with Crippen molar-refractivity contribution in [1.29, 1.82) is 0 Å². The van der Waals surface area contributed by atoms with Crippen molar-refractivity contribution in [2.24, 2.45) is 0 Å². The highest BCUT2D eigenvalue weighted by Crippen LogP contribution is 2.14. The fourth-order valence-corrected chi connectivity index (χ4v) is 1.29. The molecule has 0 saturated heterocycles. The van der Waals surface area contributed by atoms with Gasteiger partial charge in [-0.3, -0.25) is 4.57 Å². The van der Waals surface area contributed by atoms with Crippen LogP contribution in [0, 0.1) is 0 Å². The molecule has 1 aromatic heterocycles. The van der Waals surface area contributed by atoms with Gasteiger partial charge in [0.1, 0.15) is 0 Å². The first-order chi connectivity index (χ1) is 6.31. The number of methoxy groups -OCH3 is 1. The molecule has 0 spiro atoms. The van der Waals surface area contributed by atoms with E-state index in [-0.39, 0.29) is 6.09 Å². The summed E-state index contributed by atoms with van der Waals surface area (Å²) in [5.74, 6) is 0. The van der Waals surface area contributed by atoms with Crippen LogP contribution in [0.1, 0.15) is 0 Å². The molecule has 3 nitrogen and oxygen atoms in total. The van der Waals surface area contributed by atoms with Gasteiger partial charge in [0.05, 0.1) is 7.11 Å². The van der Waals surface area contributed by atoms with E-state index >= 15 is 0 Å². The summed E-state index contributed by atoms with van der Waals surface area (Å²) in [6, 6.07) is 7.78. The predicted octanol–water partition coefficient (Wildman–Crippen LogP) is 2.26. The molecule has 0 unspecified atom stereocenters. The van der Waals surface area contributed by atoms with Crippen molar-refractivity contribution in [2.45, 2.75) is 0 Å². The second-order valence-electron chi connectivity index (χ2n) is 2.76. The molecule has 2 rings (SSSR count). The molecule has 0 radical (unpaired) electrons. The quantitative estimate of drug-likeness (QED) is 0.615. The van der Waals surface area contributed by atoms with Crippen LogP contribution in [-0.2, 0) is 4.74 Å². The van der Waals surface area contributed by atoms with Crippen molar-refractivity contribution in [2.75, 3.05) is 7.11 Å². The van der Waals surface area contributed by atoms with Crippen molar-refractivity contribution in [3.8, 4) is 0 Å². The summed E-state index contributed by atoms with van der Waals surface area (Å²) in [6.07, 6.45) is 3.14. The lowest BCUT2D eigenvalue weighted by Gasteiger charge is -1.95. The van der Waals surface area contributed by atoms with Crippen molar-refractivity contribution in [3.05, 3.63) is 36.7 Å². The maximum Gasteiger partial charge on any atom is 0.417 e. The third-order valence-corrected chi connectivity index (χ3v) is 1.94. The highest BCUT2D eigenvalue weighted by atomic mass is 16.5. The van der Waals surface area contributed by atoms with Gasteiger partial charge in [-0.05, 0) is 10.8 Å². The Balaban J connectivity index is 2.56. The predicted molar refractivity (Wildman–Crippen MR) is 49.7 cm³/mol. The Morgan fingerprint density at radius 1 is 1.23 bits per heavy atom. The zero-order valence-electron chi connectivity index (χ0n) is 7.23. The van der Waals surface area contributed by atoms with Crippen LogP contribution in [0.25, 0.3) is 10.8 Å². The third kappa shape index (κ3) is 1.28. The summed E-state index contributed by atoms with van der Waals surface area (Å²) < 4.78 is 6.03. The van der Waals surface area contributed by atoms with Crippen LogP contribution in [0.3, 0.4) is 0 Å². The van der Waals surface area contributed by atoms with Crippen LogP contribution in [0.5, 0.6) is 0 Å². The minimum atomic E-state index is -0.365. The van der Waals surface area contributed by atoms with Crippen LogP contribution >= 0.6 is 0 Å². The molecular weight excluding hydrogens is 166 g/mol. The van der Waals surface area contributed by atoms with E-state index in [1.165, 1.54) is 11.7 Å². The first-order valence-electron chi connectivity index (χ1n) is 3.96. The maximum absolute atomic E-state index is 11.1. The summed E-state index contributed by atoms with van der Waals surface area (Å²) in [7, 11) is 1.37. The topological polar surface area (TPSA) is 31.2 Å². The van der Waals surface area contributed by atoms with Gasteiger partial charge >= 0.3 is 6.09 Å². The molecule has 1 heterocycles. The van der Waals surface area contributed by atoms with Gasteiger partial charge in [-0.25, -0.2) is 4.79 Å². The number of hydrogen-bond acceptors (Lipinski definition) is 2. The van der Waals surface area contributed by atoms with Crippen LogP contribution < -0.4 is 0 Å². The molecule has 66 valence electrons. The number of carbonyl (C=O) groups excluding carboxylic acids is 1. The number of fused-ring (bicyclic) bond motifs is 1. The lowest BCUT2D eigenvalue weighted by atomic mass is 10.2. The van der Waals surface area contributed by atoms with Gasteiger partial charge in [0, 0.05) is 12.4 Å². The number of aromatic nitrogens is 1. The Morgan fingerprint density at radius 2 is 1.77 bits per heavy atom. The Labute approximate surface area is 75.5 Å². The number of carbonyl (C=O) groups is 1. The zero-order valence-corrected chi connectivity index (χ0v) is 7.23. The summed E-state index contributed by atoms with van der Waals surface area (Å²) in [5.41, 5.74) is 0. The number of nitrogens with zero attached hydrogens (tertiary/aromatic N) is 1. The molecular formula is C10H9NO2. The molecule has 0 N–H and O–H groups in total. The lowest BCUT2D eigenvalue weighted by molar-refractivity contribution is 0.173. The second-order valence-corrected chi connectivity index (χ2v) is 2.76. The summed E-state index contributed by atoms with van der Waals surface area (Å²) in [5, 5.41) is 2.07. The van der Waals surface area contributed by atoms with Crippen molar-refractivity contribution < 1.29 is 9.53 Å². The smallest absolute Gasteiger partial charge is 0.417 e. The first kappa shape index (κ1) is 7.86. The Bertz CT molecular complexity index is 412. The minimum absolute atomic E-state index is 0.365. The van der Waals surface area contributed by atoms with Gasteiger partial charge in [0.25, 0.3) is 0 Å². The number of ether oxygens (including phenoxy) is 1. The van der Waals surface area contributed by atoms with Gasteiger partial charge < -0.3 is 4.74 Å². The van der Waals surface area contributed by atoms with Gasteiger partial charge in [0.2, 0.25) is 0 Å². The standard InChI is InChI=1S/C10H9NO2/c1-13-10(12)11-6-8-4-2-3-5-9(8)7-11/h2-7H,1H3. The highest BCUT2D eigenvalue weighted by molar-refractivity contribution is 5.86. The summed E-state index contributed by atoms with van der Waals surface area (Å²) >= 11 is 0. The summed E-state index contributed by atoms with van der Waals surface area (Å²) in [6.45, 7) is 0. The average Bonchev–Trinajstić information content (AvgIpc) is 2.59.